The van der Waals surface area contributed by atoms with Crippen LogP contribution in [0.5, 0.6) is 0 Å². The van der Waals surface area contributed by atoms with E-state index in [1.165, 1.54) is 9.87 Å². The van der Waals surface area contributed by atoms with E-state index in [2.05, 4.69) is 13.8 Å². The molecule has 1 aliphatic carbocycles. The molecule has 1 aromatic rings. The summed E-state index contributed by atoms with van der Waals surface area (Å²) in [6, 6.07) is 7.27. The lowest BCUT2D eigenvalue weighted by molar-refractivity contribution is -0.132. The van der Waals surface area contributed by atoms with Crippen LogP contribution in [0.4, 0.5) is 0 Å². The van der Waals surface area contributed by atoms with E-state index in [1.54, 1.807) is 12.1 Å². The van der Waals surface area contributed by atoms with Crippen molar-refractivity contribution in [3.63, 3.8) is 0 Å². The molecule has 1 heterocycles. The minimum Gasteiger partial charge on any atom is -0.341 e. The van der Waals surface area contributed by atoms with Gasteiger partial charge in [-0.25, -0.2) is 8.42 Å². The molecular formula is C19H28N2O3S. The second-order valence-electron chi connectivity index (χ2n) is 7.24. The van der Waals surface area contributed by atoms with Gasteiger partial charge in [0, 0.05) is 32.1 Å². The lowest BCUT2D eigenvalue weighted by Gasteiger charge is -2.22. The van der Waals surface area contributed by atoms with E-state index in [4.69, 9.17) is 0 Å². The van der Waals surface area contributed by atoms with Gasteiger partial charge in [0.25, 0.3) is 0 Å². The number of hydrogen-bond donors (Lipinski definition) is 0. The molecule has 1 aromatic carbocycles. The first kappa shape index (κ1) is 18.4. The van der Waals surface area contributed by atoms with E-state index in [0.717, 1.165) is 19.3 Å². The fourth-order valence-electron chi connectivity index (χ4n) is 3.30. The van der Waals surface area contributed by atoms with Crippen molar-refractivity contribution in [3.05, 3.63) is 29.8 Å². The minimum absolute atomic E-state index is 0.191. The second kappa shape index (κ2) is 7.46. The molecule has 0 bridgehead atoms. The maximum Gasteiger partial charge on any atom is 0.243 e. The first-order valence-electron chi connectivity index (χ1n) is 9.32. The predicted octanol–water partition coefficient (Wildman–Crippen LogP) is 2.83. The van der Waals surface area contributed by atoms with Gasteiger partial charge in [-0.3, -0.25) is 4.79 Å². The highest BCUT2D eigenvalue weighted by molar-refractivity contribution is 7.89. The predicted molar refractivity (Wildman–Crippen MR) is 97.8 cm³/mol. The van der Waals surface area contributed by atoms with Gasteiger partial charge in [0.2, 0.25) is 15.9 Å². The molecule has 2 aliphatic rings. The molecule has 0 spiro atoms. The first-order chi connectivity index (χ1) is 11.9. The van der Waals surface area contributed by atoms with Crippen LogP contribution in [0, 0.1) is 5.92 Å². The van der Waals surface area contributed by atoms with E-state index in [1.807, 2.05) is 17.0 Å². The highest BCUT2D eigenvalue weighted by atomic mass is 32.2. The smallest absolute Gasteiger partial charge is 0.243 e. The molecule has 1 atom stereocenters. The molecule has 1 saturated heterocycles. The van der Waals surface area contributed by atoms with Crippen LogP contribution in [0.2, 0.25) is 0 Å². The Morgan fingerprint density at radius 2 is 1.80 bits per heavy atom. The summed E-state index contributed by atoms with van der Waals surface area (Å²) in [5.74, 6) is 0.824. The number of amides is 1. The lowest BCUT2D eigenvalue weighted by atomic mass is 9.99. The number of nitrogens with zero attached hydrogens (tertiary/aromatic N) is 2. The average molecular weight is 365 g/mol. The third-order valence-electron chi connectivity index (χ3n) is 5.39. The third kappa shape index (κ3) is 4.06. The summed E-state index contributed by atoms with van der Waals surface area (Å²) in [5, 5.41) is 0. The van der Waals surface area contributed by atoms with Crippen LogP contribution in [-0.4, -0.2) is 49.7 Å². The first-order valence-corrected chi connectivity index (χ1v) is 10.8. The number of carbonyl (C=O) groups is 1. The highest BCUT2D eigenvalue weighted by Gasteiger charge is 2.35. The number of carbonyl (C=O) groups excluding carboxylic acids is 1. The summed E-state index contributed by atoms with van der Waals surface area (Å²) >= 11 is 0. The standard InChI is InChI=1S/C19H28N2O3S/c1-3-15(2)16-7-9-18(10-8-16)25(23,24)21-12-4-11-20(13-14-21)19(22)17-5-6-17/h7-10,15,17H,3-6,11-14H2,1-2H3. The second-order valence-corrected chi connectivity index (χ2v) is 9.17. The van der Waals surface area contributed by atoms with Crippen LogP contribution in [0.15, 0.2) is 29.2 Å². The molecule has 1 amide bonds. The van der Waals surface area contributed by atoms with E-state index < -0.39 is 10.0 Å². The van der Waals surface area contributed by atoms with E-state index in [0.29, 0.717) is 43.4 Å². The van der Waals surface area contributed by atoms with Crippen LogP contribution in [0.1, 0.15) is 51.0 Å². The van der Waals surface area contributed by atoms with Crippen LogP contribution in [-0.2, 0) is 14.8 Å². The Morgan fingerprint density at radius 3 is 2.40 bits per heavy atom. The van der Waals surface area contributed by atoms with Crippen LogP contribution >= 0.6 is 0 Å². The highest BCUT2D eigenvalue weighted by Crippen LogP contribution is 2.31. The molecular weight excluding hydrogens is 336 g/mol. The Hall–Kier alpha value is -1.40. The Bertz CT molecular complexity index is 711. The molecule has 138 valence electrons. The van der Waals surface area contributed by atoms with Crippen molar-refractivity contribution in [2.45, 2.75) is 50.3 Å². The van der Waals surface area contributed by atoms with Crippen molar-refractivity contribution in [3.8, 4) is 0 Å². The summed E-state index contributed by atoms with van der Waals surface area (Å²) in [6.07, 6.45) is 3.70. The van der Waals surface area contributed by atoms with Crippen LogP contribution < -0.4 is 0 Å². The van der Waals surface area contributed by atoms with E-state index >= 15 is 0 Å². The van der Waals surface area contributed by atoms with Crippen molar-refractivity contribution < 1.29 is 13.2 Å². The fraction of sp³-hybridized carbons (Fsp3) is 0.632. The van der Waals surface area contributed by atoms with Gasteiger partial charge in [-0.05, 0) is 49.3 Å². The monoisotopic (exact) mass is 364 g/mol. The van der Waals surface area contributed by atoms with Gasteiger partial charge in [-0.1, -0.05) is 26.0 Å². The summed E-state index contributed by atoms with van der Waals surface area (Å²) in [5.41, 5.74) is 1.17. The van der Waals surface area contributed by atoms with Gasteiger partial charge < -0.3 is 4.90 Å². The molecule has 5 nitrogen and oxygen atoms in total. The fourth-order valence-corrected chi connectivity index (χ4v) is 4.77. The quantitative estimate of drug-likeness (QED) is 0.807. The lowest BCUT2D eigenvalue weighted by Crippen LogP contribution is -2.37. The molecule has 0 N–H and O–H groups in total. The van der Waals surface area contributed by atoms with Gasteiger partial charge in [-0.15, -0.1) is 0 Å². The van der Waals surface area contributed by atoms with Crippen molar-refractivity contribution in [2.75, 3.05) is 26.2 Å². The third-order valence-corrected chi connectivity index (χ3v) is 7.31. The molecule has 6 heteroatoms. The topological polar surface area (TPSA) is 57.7 Å². The van der Waals surface area contributed by atoms with Crippen molar-refractivity contribution in [1.29, 1.82) is 0 Å². The summed E-state index contributed by atoms with van der Waals surface area (Å²) in [6.45, 7) is 6.29. The SMILES string of the molecule is CCC(C)c1ccc(S(=O)(=O)N2CCCN(C(=O)C3CC3)CC2)cc1. The van der Waals surface area contributed by atoms with E-state index in [-0.39, 0.29) is 11.8 Å². The summed E-state index contributed by atoms with van der Waals surface area (Å²) < 4.78 is 27.4. The molecule has 1 saturated carbocycles. The molecule has 25 heavy (non-hydrogen) atoms. The van der Waals surface area contributed by atoms with Crippen molar-refractivity contribution in [1.82, 2.24) is 9.21 Å². The molecule has 3 rings (SSSR count). The van der Waals surface area contributed by atoms with Gasteiger partial charge in [-0.2, -0.15) is 4.31 Å². The maximum atomic E-state index is 12.9. The molecule has 0 radical (unpaired) electrons. The molecule has 0 aromatic heterocycles. The Morgan fingerprint density at radius 1 is 1.12 bits per heavy atom. The summed E-state index contributed by atoms with van der Waals surface area (Å²) in [7, 11) is -3.49. The van der Waals surface area contributed by atoms with E-state index in [9.17, 15) is 13.2 Å². The Labute approximate surface area is 151 Å². The van der Waals surface area contributed by atoms with Gasteiger partial charge in [0.05, 0.1) is 4.90 Å². The van der Waals surface area contributed by atoms with Crippen LogP contribution in [0.3, 0.4) is 0 Å². The van der Waals surface area contributed by atoms with Crippen LogP contribution in [0.25, 0.3) is 0 Å². The van der Waals surface area contributed by atoms with Gasteiger partial charge >= 0.3 is 0 Å². The zero-order valence-corrected chi connectivity index (χ0v) is 16.0. The largest absolute Gasteiger partial charge is 0.341 e. The number of sulfonamides is 1. The minimum atomic E-state index is -3.49. The summed E-state index contributed by atoms with van der Waals surface area (Å²) in [4.78, 5) is 14.4. The van der Waals surface area contributed by atoms with Gasteiger partial charge in [0.15, 0.2) is 0 Å². The molecule has 1 aliphatic heterocycles. The van der Waals surface area contributed by atoms with Crippen molar-refractivity contribution >= 4 is 15.9 Å². The normalized spacial score (nSPS) is 21.0. The molecule has 2 fully saturated rings. The zero-order valence-electron chi connectivity index (χ0n) is 15.1. The number of rotatable bonds is 5. The Kier molecular flexibility index (Phi) is 5.49. The van der Waals surface area contributed by atoms with Gasteiger partial charge in [0.1, 0.15) is 0 Å². The maximum absolute atomic E-state index is 12.9. The average Bonchev–Trinajstić information content (AvgIpc) is 3.46. The Balaban J connectivity index is 1.70. The number of hydrogen-bond acceptors (Lipinski definition) is 3. The number of benzene rings is 1. The zero-order chi connectivity index (χ0) is 18.0. The van der Waals surface area contributed by atoms with Crippen molar-refractivity contribution in [2.24, 2.45) is 5.92 Å². The molecule has 1 unspecified atom stereocenters.